The van der Waals surface area contributed by atoms with Crippen molar-refractivity contribution in [1.29, 1.82) is 0 Å². The average Bonchev–Trinajstić information content (AvgIpc) is 2.79. The Labute approximate surface area is 229 Å². The number of ether oxygens (including phenoxy) is 2. The van der Waals surface area contributed by atoms with Crippen molar-refractivity contribution in [2.24, 2.45) is 0 Å². The van der Waals surface area contributed by atoms with Crippen LogP contribution in [0.4, 0.5) is 0 Å². The van der Waals surface area contributed by atoms with Crippen LogP contribution in [0.3, 0.4) is 0 Å². The lowest BCUT2D eigenvalue weighted by atomic mass is 9.78. The van der Waals surface area contributed by atoms with Crippen LogP contribution in [0.2, 0.25) is 0 Å². The van der Waals surface area contributed by atoms with Crippen LogP contribution < -0.4 is 9.47 Å². The van der Waals surface area contributed by atoms with Gasteiger partial charge in [0.25, 0.3) is 0 Å². The van der Waals surface area contributed by atoms with Crippen molar-refractivity contribution in [2.75, 3.05) is 19.8 Å². The van der Waals surface area contributed by atoms with Crippen LogP contribution in [-0.2, 0) is 5.41 Å². The van der Waals surface area contributed by atoms with Crippen molar-refractivity contribution in [3.05, 3.63) is 53.3 Å². The third-order valence-corrected chi connectivity index (χ3v) is 6.42. The number of hydrogen-bond acceptors (Lipinski definition) is 3. The summed E-state index contributed by atoms with van der Waals surface area (Å²) in [4.78, 5) is 0. The van der Waals surface area contributed by atoms with Crippen LogP contribution >= 0.6 is 63.7 Å². The zero-order valence-corrected chi connectivity index (χ0v) is 27.1. The summed E-state index contributed by atoms with van der Waals surface area (Å²) in [5, 5.41) is 8.98. The zero-order valence-electron chi connectivity index (χ0n) is 20.7. The maximum absolute atomic E-state index is 8.98. The lowest BCUT2D eigenvalue weighted by Crippen LogP contribution is -2.19. The van der Waals surface area contributed by atoms with E-state index in [-0.39, 0.29) is 18.6 Å². The maximum Gasteiger partial charge on any atom is 0.147 e. The molecule has 0 aliphatic heterocycles. The summed E-state index contributed by atoms with van der Waals surface area (Å²) >= 11 is 14.4. The fourth-order valence-corrected chi connectivity index (χ4v) is 5.41. The number of hydrogen-bond donors (Lipinski definition) is 1. The van der Waals surface area contributed by atoms with Crippen molar-refractivity contribution < 1.29 is 14.6 Å². The molecule has 0 bridgehead atoms. The van der Waals surface area contributed by atoms with Crippen molar-refractivity contribution in [3.8, 4) is 11.5 Å². The Morgan fingerprint density at radius 3 is 1.28 bits per heavy atom. The van der Waals surface area contributed by atoms with E-state index in [1.165, 1.54) is 0 Å². The molecule has 2 aromatic carbocycles. The van der Waals surface area contributed by atoms with E-state index in [4.69, 9.17) is 14.6 Å². The Morgan fingerprint density at radius 1 is 0.688 bits per heavy atom. The summed E-state index contributed by atoms with van der Waals surface area (Å²) in [5.74, 6) is 1.50. The van der Waals surface area contributed by atoms with Crippen LogP contribution in [0.5, 0.6) is 11.5 Å². The molecule has 0 atom stereocenters. The summed E-state index contributed by atoms with van der Waals surface area (Å²) in [6.07, 6.45) is 0. The number of halogens is 4. The Bertz CT molecular complexity index is 747. The zero-order chi connectivity index (χ0) is 25.5. The van der Waals surface area contributed by atoms with Gasteiger partial charge in [-0.05, 0) is 106 Å². The molecule has 0 fully saturated rings. The monoisotopic (exact) mass is 702 g/mol. The first-order valence-electron chi connectivity index (χ1n) is 11.1. The molecule has 0 aromatic heterocycles. The van der Waals surface area contributed by atoms with Gasteiger partial charge in [-0.2, -0.15) is 0 Å². The minimum absolute atomic E-state index is 0.0274. The largest absolute Gasteiger partial charge is 0.492 e. The minimum Gasteiger partial charge on any atom is -0.492 e. The highest BCUT2D eigenvalue weighted by atomic mass is 79.9. The summed E-state index contributed by atoms with van der Waals surface area (Å²) in [6, 6.07) is 8.28. The number of benzene rings is 2. The molecule has 0 amide bonds. The molecule has 0 saturated heterocycles. The Balaban J connectivity index is 0. The van der Waals surface area contributed by atoms with Gasteiger partial charge >= 0.3 is 0 Å². The molecule has 0 saturated carbocycles. The normalized spacial score (nSPS) is 9.94. The first-order valence-corrected chi connectivity index (χ1v) is 14.2. The molecule has 0 unspecified atom stereocenters. The van der Waals surface area contributed by atoms with Gasteiger partial charge in [-0.25, -0.2) is 0 Å². The van der Waals surface area contributed by atoms with E-state index >= 15 is 0 Å². The Kier molecular flexibility index (Phi) is 19.5. The molecule has 32 heavy (non-hydrogen) atoms. The third kappa shape index (κ3) is 9.65. The maximum atomic E-state index is 8.98. The molecule has 0 radical (unpaired) electrons. The average molecular weight is 706 g/mol. The van der Waals surface area contributed by atoms with Gasteiger partial charge in [-0.1, -0.05) is 55.4 Å². The van der Waals surface area contributed by atoms with Crippen LogP contribution in [0.1, 0.15) is 73.4 Å². The SMILES string of the molecule is CC.CC.CC.CCOc1c(Br)cc(C(C)(C)c2cc(Br)c(OCCO)c(Br)c2)cc1Br. The fraction of sp³-hybridized carbons (Fsp3) is 0.520. The summed E-state index contributed by atoms with van der Waals surface area (Å²) < 4.78 is 14.8. The molecule has 2 aromatic rings. The number of aliphatic hydroxyl groups is 1. The Morgan fingerprint density at radius 2 is 1.00 bits per heavy atom. The van der Waals surface area contributed by atoms with E-state index in [9.17, 15) is 0 Å². The highest BCUT2D eigenvalue weighted by Gasteiger charge is 2.27. The van der Waals surface area contributed by atoms with Crippen LogP contribution in [-0.4, -0.2) is 24.9 Å². The van der Waals surface area contributed by atoms with Crippen molar-refractivity contribution in [2.45, 2.75) is 67.7 Å². The standard InChI is InChI=1S/C19H20Br4O3.3C2H6/c1-4-25-17-13(20)7-11(8-14(17)21)19(2,3)12-9-15(22)18(16(23)10-12)26-6-5-24;3*1-2/h7-10,24H,4-6H2,1-3H3;3*1-2H3. The highest BCUT2D eigenvalue weighted by molar-refractivity contribution is 9.11. The lowest BCUT2D eigenvalue weighted by molar-refractivity contribution is 0.200. The second-order valence-corrected chi connectivity index (χ2v) is 9.59. The fourth-order valence-electron chi connectivity index (χ4n) is 2.58. The van der Waals surface area contributed by atoms with Crippen LogP contribution in [0.25, 0.3) is 0 Å². The number of rotatable bonds is 7. The molecular formula is C25H38Br4O3. The van der Waals surface area contributed by atoms with E-state index in [1.54, 1.807) is 0 Å². The summed E-state index contributed by atoms with van der Waals surface area (Å²) in [5.41, 5.74) is 2.01. The highest BCUT2D eigenvalue weighted by Crippen LogP contribution is 2.44. The van der Waals surface area contributed by atoms with E-state index < -0.39 is 0 Å². The first kappa shape index (κ1) is 34.1. The van der Waals surface area contributed by atoms with Crippen molar-refractivity contribution in [3.63, 3.8) is 0 Å². The molecular weight excluding hydrogens is 668 g/mol. The predicted molar refractivity (Wildman–Crippen MR) is 154 cm³/mol. The van der Waals surface area contributed by atoms with Gasteiger partial charge in [-0.3, -0.25) is 0 Å². The number of aliphatic hydroxyl groups excluding tert-OH is 1. The smallest absolute Gasteiger partial charge is 0.147 e. The van der Waals surface area contributed by atoms with Gasteiger partial charge in [0.1, 0.15) is 18.1 Å². The van der Waals surface area contributed by atoms with Crippen molar-refractivity contribution >= 4 is 63.7 Å². The minimum atomic E-state index is -0.254. The molecule has 0 aliphatic carbocycles. The predicted octanol–water partition coefficient (Wildman–Crippen LogP) is 9.91. The van der Waals surface area contributed by atoms with E-state index in [0.717, 1.165) is 34.8 Å². The molecule has 7 heteroatoms. The Hall–Kier alpha value is -0.0800. The molecule has 0 heterocycles. The van der Waals surface area contributed by atoms with Gasteiger partial charge in [-0.15, -0.1) is 0 Å². The summed E-state index contributed by atoms with van der Waals surface area (Å²) in [7, 11) is 0. The van der Waals surface area contributed by atoms with Gasteiger partial charge in [0.2, 0.25) is 0 Å². The van der Waals surface area contributed by atoms with Crippen LogP contribution in [0.15, 0.2) is 42.2 Å². The molecule has 1 N–H and O–H groups in total. The second kappa shape index (κ2) is 18.3. The topological polar surface area (TPSA) is 38.7 Å². The summed E-state index contributed by atoms with van der Waals surface area (Å²) in [6.45, 7) is 19.1. The quantitative estimate of drug-likeness (QED) is 0.312. The van der Waals surface area contributed by atoms with Gasteiger partial charge in [0.15, 0.2) is 0 Å². The molecule has 184 valence electrons. The molecule has 2 rings (SSSR count). The molecule has 3 nitrogen and oxygen atoms in total. The van der Waals surface area contributed by atoms with Crippen molar-refractivity contribution in [1.82, 2.24) is 0 Å². The van der Waals surface area contributed by atoms with E-state index in [0.29, 0.717) is 12.4 Å². The molecule has 0 spiro atoms. The lowest BCUT2D eigenvalue weighted by Gasteiger charge is -2.28. The third-order valence-electron chi connectivity index (χ3n) is 4.07. The van der Waals surface area contributed by atoms with E-state index in [1.807, 2.05) is 48.5 Å². The molecule has 0 aliphatic rings. The van der Waals surface area contributed by atoms with Gasteiger partial charge in [0, 0.05) is 5.41 Å². The second-order valence-electron chi connectivity index (χ2n) is 6.17. The van der Waals surface area contributed by atoms with Gasteiger partial charge in [0.05, 0.1) is 31.1 Å². The van der Waals surface area contributed by atoms with Gasteiger partial charge < -0.3 is 14.6 Å². The van der Waals surface area contributed by atoms with E-state index in [2.05, 4.69) is 102 Å². The first-order chi connectivity index (χ1) is 15.2. The van der Waals surface area contributed by atoms with Crippen LogP contribution in [0, 0.1) is 0 Å².